The van der Waals surface area contributed by atoms with Gasteiger partial charge >= 0.3 is 6.09 Å². The van der Waals surface area contributed by atoms with E-state index in [1.807, 2.05) is 0 Å². The van der Waals surface area contributed by atoms with Gasteiger partial charge in [-0.1, -0.05) is 30.3 Å². The number of carbonyl (C=O) groups excluding carboxylic acids is 1. The Balaban J connectivity index is 1.97. The largest absolute Gasteiger partial charge is 0.445 e. The Morgan fingerprint density at radius 3 is 2.61 bits per heavy atom. The average molecular weight is 349 g/mol. The van der Waals surface area contributed by atoms with E-state index in [9.17, 15) is 22.0 Å². The molecule has 9 heteroatoms. The van der Waals surface area contributed by atoms with Crippen LogP contribution in [-0.4, -0.2) is 50.8 Å². The molecule has 1 aliphatic rings. The number of ether oxygens (including phenoxy) is 1. The Hall–Kier alpha value is -1.74. The van der Waals surface area contributed by atoms with E-state index in [1.165, 1.54) is 0 Å². The number of alkyl halides is 2. The van der Waals surface area contributed by atoms with Crippen LogP contribution >= 0.6 is 0 Å². The van der Waals surface area contributed by atoms with Gasteiger partial charge < -0.3 is 4.74 Å². The molecule has 1 atom stereocenters. The van der Waals surface area contributed by atoms with E-state index in [0.29, 0.717) is 0 Å². The van der Waals surface area contributed by atoms with Crippen LogP contribution in [0.5, 0.6) is 0 Å². The molecule has 23 heavy (non-hydrogen) atoms. The maximum absolute atomic E-state index is 13.5. The number of amides is 1. The summed E-state index contributed by atoms with van der Waals surface area (Å²) in [6, 6.07) is 7.73. The van der Waals surface area contributed by atoms with Crippen molar-refractivity contribution in [2.45, 2.75) is 25.0 Å². The lowest BCUT2D eigenvalue weighted by Crippen LogP contribution is -2.39. The van der Waals surface area contributed by atoms with Crippen LogP contribution in [0.25, 0.3) is 0 Å². The summed E-state index contributed by atoms with van der Waals surface area (Å²) in [5.74, 6) is -3.10. The minimum atomic E-state index is -3.78. The Labute approximate surface area is 133 Å². The number of nitrogens with zero attached hydrogens (tertiary/aromatic N) is 1. The van der Waals surface area contributed by atoms with Crippen LogP contribution in [-0.2, 0) is 25.6 Å². The number of hydrogen-bond donors (Lipinski definition) is 0. The molecule has 1 aromatic rings. The first-order valence-corrected chi connectivity index (χ1v) is 8.67. The Kier molecular flexibility index (Phi) is 5.20. The summed E-state index contributed by atoms with van der Waals surface area (Å²) in [5.41, 5.74) is 0.718. The molecule has 1 heterocycles. The van der Waals surface area contributed by atoms with Crippen molar-refractivity contribution >= 4 is 16.2 Å². The van der Waals surface area contributed by atoms with Gasteiger partial charge in [0.1, 0.15) is 6.61 Å². The first-order valence-electron chi connectivity index (χ1n) is 6.86. The second-order valence-electron chi connectivity index (χ2n) is 5.37. The Bertz CT molecular complexity index is 650. The van der Waals surface area contributed by atoms with Crippen molar-refractivity contribution in [3.8, 4) is 0 Å². The highest BCUT2D eigenvalue weighted by atomic mass is 32.2. The Morgan fingerprint density at radius 1 is 1.35 bits per heavy atom. The summed E-state index contributed by atoms with van der Waals surface area (Å²) in [4.78, 5) is 12.8. The van der Waals surface area contributed by atoms with Crippen molar-refractivity contribution in [3.63, 3.8) is 0 Å². The maximum Gasteiger partial charge on any atom is 0.410 e. The van der Waals surface area contributed by atoms with Gasteiger partial charge in [0.25, 0.3) is 16.0 Å². The lowest BCUT2D eigenvalue weighted by molar-refractivity contribution is 0.0100. The van der Waals surface area contributed by atoms with Crippen molar-refractivity contribution in [2.24, 2.45) is 0 Å². The van der Waals surface area contributed by atoms with Crippen LogP contribution in [0.15, 0.2) is 30.3 Å². The fourth-order valence-electron chi connectivity index (χ4n) is 2.26. The average Bonchev–Trinajstić information content (AvgIpc) is 2.78. The van der Waals surface area contributed by atoms with Gasteiger partial charge in [0.2, 0.25) is 0 Å². The molecule has 0 aromatic heterocycles. The van der Waals surface area contributed by atoms with E-state index in [0.717, 1.165) is 16.7 Å². The topological polar surface area (TPSA) is 72.9 Å². The molecule has 1 aromatic carbocycles. The van der Waals surface area contributed by atoms with E-state index in [1.54, 1.807) is 30.3 Å². The molecular weight excluding hydrogens is 332 g/mol. The molecule has 1 amide bonds. The van der Waals surface area contributed by atoms with Crippen molar-refractivity contribution in [1.82, 2.24) is 4.90 Å². The van der Waals surface area contributed by atoms with Gasteiger partial charge in [-0.05, 0) is 5.56 Å². The quantitative estimate of drug-likeness (QED) is 0.761. The fourth-order valence-corrected chi connectivity index (χ4v) is 2.67. The molecule has 6 nitrogen and oxygen atoms in total. The first kappa shape index (κ1) is 17.6. The lowest BCUT2D eigenvalue weighted by atomic mass is 10.2. The van der Waals surface area contributed by atoms with Crippen LogP contribution < -0.4 is 0 Å². The molecule has 1 aliphatic heterocycles. The summed E-state index contributed by atoms with van der Waals surface area (Å²) in [6.45, 7) is -1.39. The summed E-state index contributed by atoms with van der Waals surface area (Å²) in [6.07, 6.45) is -0.769. The summed E-state index contributed by atoms with van der Waals surface area (Å²) in [7, 11) is -3.78. The van der Waals surface area contributed by atoms with Gasteiger partial charge in [-0.2, -0.15) is 8.42 Å². The third-order valence-corrected chi connectivity index (χ3v) is 3.86. The maximum atomic E-state index is 13.5. The number of halogens is 2. The SMILES string of the molecule is CS(=O)(=O)OC[C@@H]1CC(F)(F)CN1C(=O)OCc1ccccc1. The zero-order valence-electron chi connectivity index (χ0n) is 12.4. The zero-order valence-corrected chi connectivity index (χ0v) is 13.3. The van der Waals surface area contributed by atoms with Gasteiger partial charge in [-0.15, -0.1) is 0 Å². The van der Waals surface area contributed by atoms with Crippen LogP contribution in [0.4, 0.5) is 13.6 Å². The first-order chi connectivity index (χ1) is 10.7. The molecule has 0 spiro atoms. The highest BCUT2D eigenvalue weighted by Gasteiger charge is 2.48. The van der Waals surface area contributed by atoms with E-state index in [4.69, 9.17) is 4.74 Å². The van der Waals surface area contributed by atoms with E-state index in [2.05, 4.69) is 4.18 Å². The van der Waals surface area contributed by atoms with Gasteiger partial charge in [-0.25, -0.2) is 13.6 Å². The zero-order chi connectivity index (χ0) is 17.1. The van der Waals surface area contributed by atoms with Crippen molar-refractivity contribution < 1.29 is 30.9 Å². The number of likely N-dealkylation sites (tertiary alicyclic amines) is 1. The van der Waals surface area contributed by atoms with Crippen molar-refractivity contribution in [2.75, 3.05) is 19.4 Å². The predicted octanol–water partition coefficient (Wildman–Crippen LogP) is 2.01. The molecule has 1 fully saturated rings. The minimum Gasteiger partial charge on any atom is -0.445 e. The number of rotatable bonds is 5. The normalized spacial score (nSPS) is 20.5. The van der Waals surface area contributed by atoms with Gasteiger partial charge in [0.15, 0.2) is 0 Å². The molecule has 0 unspecified atom stereocenters. The van der Waals surface area contributed by atoms with Crippen LogP contribution in [0.2, 0.25) is 0 Å². The van der Waals surface area contributed by atoms with Crippen LogP contribution in [0.3, 0.4) is 0 Å². The minimum absolute atomic E-state index is 0.0542. The smallest absolute Gasteiger partial charge is 0.410 e. The second kappa shape index (κ2) is 6.79. The summed E-state index contributed by atoms with van der Waals surface area (Å²) >= 11 is 0. The third kappa shape index (κ3) is 5.43. The molecule has 1 saturated heterocycles. The molecule has 0 radical (unpaired) electrons. The molecule has 128 valence electrons. The van der Waals surface area contributed by atoms with Crippen LogP contribution in [0, 0.1) is 0 Å². The number of benzene rings is 1. The highest BCUT2D eigenvalue weighted by molar-refractivity contribution is 7.85. The number of hydrogen-bond acceptors (Lipinski definition) is 5. The Morgan fingerprint density at radius 2 is 2.00 bits per heavy atom. The lowest BCUT2D eigenvalue weighted by Gasteiger charge is -2.22. The summed E-state index contributed by atoms with van der Waals surface area (Å²) in [5, 5.41) is 0. The van der Waals surface area contributed by atoms with E-state index in [-0.39, 0.29) is 6.61 Å². The third-order valence-electron chi connectivity index (χ3n) is 3.29. The monoisotopic (exact) mass is 349 g/mol. The fraction of sp³-hybridized carbons (Fsp3) is 0.500. The summed E-state index contributed by atoms with van der Waals surface area (Å²) < 4.78 is 58.6. The molecule has 0 aliphatic carbocycles. The van der Waals surface area contributed by atoms with Crippen LogP contribution in [0.1, 0.15) is 12.0 Å². The standard InChI is InChI=1S/C14H17F2NO5S/c1-23(19,20)22-9-12-7-14(15,16)10-17(12)13(18)21-8-11-5-3-2-4-6-11/h2-6,12H,7-10H2,1H3/t12-/m0/s1. The molecule has 0 N–H and O–H groups in total. The number of carbonyl (C=O) groups is 1. The molecular formula is C14H17F2NO5S. The molecule has 0 bridgehead atoms. The van der Waals surface area contributed by atoms with Crippen molar-refractivity contribution in [3.05, 3.63) is 35.9 Å². The predicted molar refractivity (Wildman–Crippen MR) is 77.5 cm³/mol. The van der Waals surface area contributed by atoms with Gasteiger partial charge in [0.05, 0.1) is 25.4 Å². The highest BCUT2D eigenvalue weighted by Crippen LogP contribution is 2.32. The second-order valence-corrected chi connectivity index (χ2v) is 7.01. The molecule has 0 saturated carbocycles. The van der Waals surface area contributed by atoms with Gasteiger partial charge in [-0.3, -0.25) is 9.08 Å². The van der Waals surface area contributed by atoms with E-state index >= 15 is 0 Å². The van der Waals surface area contributed by atoms with E-state index < -0.39 is 47.7 Å². The molecule has 2 rings (SSSR count). The van der Waals surface area contributed by atoms with Gasteiger partial charge in [0, 0.05) is 6.42 Å². The van der Waals surface area contributed by atoms with Crippen molar-refractivity contribution in [1.29, 1.82) is 0 Å².